The number of anilines is 1. The monoisotopic (exact) mass is 348 g/mol. The second kappa shape index (κ2) is 7.46. The van der Waals surface area contributed by atoms with Gasteiger partial charge in [0.1, 0.15) is 0 Å². The summed E-state index contributed by atoms with van der Waals surface area (Å²) >= 11 is 0. The number of carbonyl (C=O) groups excluding carboxylic acids is 1. The molecule has 0 fully saturated rings. The number of hydroxylamine groups is 1. The number of nitrogens with one attached hydrogen (secondary N) is 2. The molecule has 1 amide bonds. The summed E-state index contributed by atoms with van der Waals surface area (Å²) < 4.78 is 27.3. The van der Waals surface area contributed by atoms with Crippen LogP contribution in [-0.4, -0.2) is 20.9 Å². The molecule has 7 heteroatoms. The Kier molecular flexibility index (Phi) is 5.58. The van der Waals surface area contributed by atoms with Crippen molar-refractivity contribution in [3.8, 4) is 0 Å². The number of hydrogen-bond donors (Lipinski definition) is 2. The van der Waals surface area contributed by atoms with Crippen molar-refractivity contribution in [3.63, 3.8) is 0 Å². The highest BCUT2D eigenvalue weighted by molar-refractivity contribution is 7.92. The molecule has 0 bridgehead atoms. The number of aryl methyl sites for hydroxylation is 2. The Morgan fingerprint density at radius 3 is 2.29 bits per heavy atom. The highest BCUT2D eigenvalue weighted by Gasteiger charge is 2.15. The maximum Gasteiger partial charge on any atom is 0.274 e. The summed E-state index contributed by atoms with van der Waals surface area (Å²) in [7, 11) is -3.68. The molecule has 0 heterocycles. The van der Waals surface area contributed by atoms with Gasteiger partial charge in [0.15, 0.2) is 0 Å². The second-order valence-electron chi connectivity index (χ2n) is 5.29. The van der Waals surface area contributed by atoms with Crippen molar-refractivity contribution in [2.75, 3.05) is 11.3 Å². The SMILES string of the molecule is CCONC(=O)c1ccc(NS(=O)(=O)c2ccc(C)c(C)c2)cc1. The molecule has 2 aromatic carbocycles. The van der Waals surface area contributed by atoms with E-state index < -0.39 is 10.0 Å². The molecule has 0 radical (unpaired) electrons. The largest absolute Gasteiger partial charge is 0.280 e. The molecule has 0 aliphatic carbocycles. The third kappa shape index (κ3) is 4.33. The number of amides is 1. The Bertz CT molecular complexity index is 830. The zero-order valence-electron chi connectivity index (χ0n) is 13.8. The van der Waals surface area contributed by atoms with E-state index in [4.69, 9.17) is 4.84 Å². The van der Waals surface area contributed by atoms with E-state index in [-0.39, 0.29) is 10.8 Å². The fourth-order valence-corrected chi connectivity index (χ4v) is 3.12. The first-order valence-corrected chi connectivity index (χ1v) is 8.94. The van der Waals surface area contributed by atoms with Crippen LogP contribution in [0.2, 0.25) is 0 Å². The van der Waals surface area contributed by atoms with Crippen molar-refractivity contribution >= 4 is 21.6 Å². The summed E-state index contributed by atoms with van der Waals surface area (Å²) in [6.45, 7) is 5.90. The minimum Gasteiger partial charge on any atom is -0.280 e. The van der Waals surface area contributed by atoms with Crippen LogP contribution in [0.25, 0.3) is 0 Å². The van der Waals surface area contributed by atoms with Crippen LogP contribution >= 0.6 is 0 Å². The van der Waals surface area contributed by atoms with E-state index in [1.54, 1.807) is 25.1 Å². The van der Waals surface area contributed by atoms with Crippen LogP contribution in [0.15, 0.2) is 47.4 Å². The number of carbonyl (C=O) groups is 1. The minimum absolute atomic E-state index is 0.198. The molecule has 24 heavy (non-hydrogen) atoms. The third-order valence-corrected chi connectivity index (χ3v) is 4.88. The zero-order valence-corrected chi connectivity index (χ0v) is 14.6. The van der Waals surface area contributed by atoms with Gasteiger partial charge in [-0.15, -0.1) is 0 Å². The predicted molar refractivity (Wildman–Crippen MR) is 92.3 cm³/mol. The van der Waals surface area contributed by atoms with Gasteiger partial charge in [0.2, 0.25) is 0 Å². The molecule has 0 atom stereocenters. The van der Waals surface area contributed by atoms with E-state index >= 15 is 0 Å². The van der Waals surface area contributed by atoms with Crippen LogP contribution in [0.3, 0.4) is 0 Å². The van der Waals surface area contributed by atoms with Crippen LogP contribution in [0.1, 0.15) is 28.4 Å². The molecule has 0 spiro atoms. The van der Waals surface area contributed by atoms with Gasteiger partial charge in [-0.1, -0.05) is 6.07 Å². The Hall–Kier alpha value is -2.38. The summed E-state index contributed by atoms with van der Waals surface area (Å²) in [5.41, 5.74) is 4.95. The van der Waals surface area contributed by atoms with E-state index in [0.29, 0.717) is 17.9 Å². The van der Waals surface area contributed by atoms with Gasteiger partial charge in [-0.3, -0.25) is 14.4 Å². The van der Waals surface area contributed by atoms with Crippen molar-refractivity contribution < 1.29 is 18.0 Å². The van der Waals surface area contributed by atoms with Gasteiger partial charge in [-0.25, -0.2) is 13.9 Å². The van der Waals surface area contributed by atoms with Crippen molar-refractivity contribution in [3.05, 3.63) is 59.2 Å². The molecule has 0 aliphatic heterocycles. The van der Waals surface area contributed by atoms with Crippen LogP contribution in [0, 0.1) is 13.8 Å². The average molecular weight is 348 g/mol. The molecular formula is C17H20N2O4S. The lowest BCUT2D eigenvalue weighted by Crippen LogP contribution is -2.23. The maximum absolute atomic E-state index is 12.4. The lowest BCUT2D eigenvalue weighted by molar-refractivity contribution is 0.0364. The predicted octanol–water partition coefficient (Wildman–Crippen LogP) is 2.79. The van der Waals surface area contributed by atoms with Gasteiger partial charge in [0.05, 0.1) is 11.5 Å². The summed E-state index contributed by atoms with van der Waals surface area (Å²) in [5.74, 6) is -0.389. The first kappa shape index (κ1) is 18.0. The molecule has 2 N–H and O–H groups in total. The highest BCUT2D eigenvalue weighted by atomic mass is 32.2. The van der Waals surface area contributed by atoms with Gasteiger partial charge in [-0.05, 0) is 68.3 Å². The van der Waals surface area contributed by atoms with Crippen molar-refractivity contribution in [2.45, 2.75) is 25.7 Å². The van der Waals surface area contributed by atoms with Crippen LogP contribution in [-0.2, 0) is 14.9 Å². The van der Waals surface area contributed by atoms with Gasteiger partial charge < -0.3 is 0 Å². The summed E-state index contributed by atoms with van der Waals surface area (Å²) in [6, 6.07) is 11.1. The number of sulfonamides is 1. The topological polar surface area (TPSA) is 84.5 Å². The number of hydrogen-bond acceptors (Lipinski definition) is 4. The van der Waals surface area contributed by atoms with Crippen molar-refractivity contribution in [1.82, 2.24) is 5.48 Å². The van der Waals surface area contributed by atoms with Gasteiger partial charge >= 0.3 is 0 Å². The molecule has 128 valence electrons. The van der Waals surface area contributed by atoms with Crippen LogP contribution in [0.4, 0.5) is 5.69 Å². The number of benzene rings is 2. The van der Waals surface area contributed by atoms with E-state index in [1.165, 1.54) is 24.3 Å². The summed E-state index contributed by atoms with van der Waals surface area (Å²) in [4.78, 5) is 16.7. The fourth-order valence-electron chi connectivity index (χ4n) is 1.98. The molecule has 2 aromatic rings. The fraction of sp³-hybridized carbons (Fsp3) is 0.235. The van der Waals surface area contributed by atoms with Crippen molar-refractivity contribution in [1.29, 1.82) is 0 Å². The van der Waals surface area contributed by atoms with Crippen molar-refractivity contribution in [2.24, 2.45) is 0 Å². The quantitative estimate of drug-likeness (QED) is 0.786. The maximum atomic E-state index is 12.4. The van der Waals surface area contributed by atoms with Crippen LogP contribution in [0.5, 0.6) is 0 Å². The van der Waals surface area contributed by atoms with Gasteiger partial charge in [0.25, 0.3) is 15.9 Å². The molecule has 0 unspecified atom stereocenters. The molecule has 0 saturated carbocycles. The molecule has 0 aromatic heterocycles. The average Bonchev–Trinajstić information content (AvgIpc) is 2.55. The summed E-state index contributed by atoms with van der Waals surface area (Å²) in [6.07, 6.45) is 0. The lowest BCUT2D eigenvalue weighted by Gasteiger charge is -2.10. The molecule has 0 aliphatic rings. The van der Waals surface area contributed by atoms with E-state index in [1.807, 2.05) is 13.8 Å². The Morgan fingerprint density at radius 2 is 1.71 bits per heavy atom. The second-order valence-corrected chi connectivity index (χ2v) is 6.98. The molecule has 0 saturated heterocycles. The number of rotatable bonds is 6. The first-order chi connectivity index (χ1) is 11.3. The Balaban J connectivity index is 2.15. The molecule has 6 nitrogen and oxygen atoms in total. The molecular weight excluding hydrogens is 328 g/mol. The standard InChI is InChI=1S/C17H20N2O4S/c1-4-23-18-17(20)14-6-8-15(9-7-14)19-24(21,22)16-10-5-12(2)13(3)11-16/h5-11,19H,4H2,1-3H3,(H,18,20). The lowest BCUT2D eigenvalue weighted by atomic mass is 10.1. The summed E-state index contributed by atoms with van der Waals surface area (Å²) in [5, 5.41) is 0. The van der Waals surface area contributed by atoms with Gasteiger partial charge in [-0.2, -0.15) is 0 Å². The molecule has 2 rings (SSSR count). The minimum atomic E-state index is -3.68. The van der Waals surface area contributed by atoms with E-state index in [9.17, 15) is 13.2 Å². The smallest absolute Gasteiger partial charge is 0.274 e. The first-order valence-electron chi connectivity index (χ1n) is 7.46. The Labute approximate surface area is 141 Å². The van der Waals surface area contributed by atoms with Gasteiger partial charge in [0, 0.05) is 11.3 Å². The van der Waals surface area contributed by atoms with E-state index in [0.717, 1.165) is 11.1 Å². The Morgan fingerprint density at radius 1 is 1.04 bits per heavy atom. The van der Waals surface area contributed by atoms with Crippen LogP contribution < -0.4 is 10.2 Å². The van der Waals surface area contributed by atoms with E-state index in [2.05, 4.69) is 10.2 Å². The zero-order chi connectivity index (χ0) is 17.7. The highest BCUT2D eigenvalue weighted by Crippen LogP contribution is 2.19. The normalized spacial score (nSPS) is 11.1. The third-order valence-electron chi connectivity index (χ3n) is 3.50.